The van der Waals surface area contributed by atoms with Crippen molar-refractivity contribution in [1.82, 2.24) is 9.78 Å². The van der Waals surface area contributed by atoms with Gasteiger partial charge < -0.3 is 10.1 Å². The number of nitrogens with one attached hydrogen (secondary N) is 1. The number of carbonyl (C=O) groups is 2. The van der Waals surface area contributed by atoms with Gasteiger partial charge in [-0.25, -0.2) is 9.48 Å². The molecule has 1 N–H and O–H groups in total. The van der Waals surface area contributed by atoms with Crippen LogP contribution in [-0.2, 0) is 23.0 Å². The highest BCUT2D eigenvalue weighted by atomic mass is 16.5. The van der Waals surface area contributed by atoms with Gasteiger partial charge in [0.15, 0.2) is 0 Å². The molecular formula is C16H17N3O4. The first-order valence-corrected chi connectivity index (χ1v) is 7.01. The number of aryl methyl sites for hydroxylation is 2. The summed E-state index contributed by atoms with van der Waals surface area (Å²) in [5.74, 6) is -0.602. The van der Waals surface area contributed by atoms with Crippen LogP contribution >= 0.6 is 0 Å². The van der Waals surface area contributed by atoms with Gasteiger partial charge in [0.25, 0.3) is 5.56 Å². The number of esters is 1. The topological polar surface area (TPSA) is 90.3 Å². The molecule has 0 bridgehead atoms. The maximum Gasteiger partial charge on any atom is 0.337 e. The quantitative estimate of drug-likeness (QED) is 0.836. The highest BCUT2D eigenvalue weighted by Crippen LogP contribution is 2.11. The molecule has 0 atom stereocenters. The van der Waals surface area contributed by atoms with E-state index in [9.17, 15) is 14.4 Å². The minimum atomic E-state index is -0.427. The number of ether oxygens (including phenoxy) is 1. The Hall–Kier alpha value is -2.96. The second-order valence-electron chi connectivity index (χ2n) is 4.90. The number of carbonyl (C=O) groups excluding carboxylic acids is 2. The van der Waals surface area contributed by atoms with E-state index in [0.29, 0.717) is 23.4 Å². The zero-order valence-electron chi connectivity index (χ0n) is 12.9. The number of aromatic nitrogens is 2. The Morgan fingerprint density at radius 3 is 2.48 bits per heavy atom. The van der Waals surface area contributed by atoms with E-state index >= 15 is 0 Å². The van der Waals surface area contributed by atoms with Gasteiger partial charge in [0.05, 0.1) is 18.4 Å². The summed E-state index contributed by atoms with van der Waals surface area (Å²) in [7, 11) is 2.88. The van der Waals surface area contributed by atoms with Gasteiger partial charge >= 0.3 is 5.97 Å². The Balaban J connectivity index is 1.90. The van der Waals surface area contributed by atoms with Crippen LogP contribution in [0, 0.1) is 0 Å². The number of methoxy groups -OCH3 is 1. The van der Waals surface area contributed by atoms with Crippen molar-refractivity contribution in [3.05, 3.63) is 58.0 Å². The first kappa shape index (κ1) is 16.4. The monoisotopic (exact) mass is 315 g/mol. The molecule has 23 heavy (non-hydrogen) atoms. The molecule has 0 saturated heterocycles. The molecule has 2 rings (SSSR count). The lowest BCUT2D eigenvalue weighted by atomic mass is 10.2. The third-order valence-electron chi connectivity index (χ3n) is 3.21. The van der Waals surface area contributed by atoms with E-state index in [1.54, 1.807) is 37.4 Å². The first-order valence-electron chi connectivity index (χ1n) is 7.01. The number of benzene rings is 1. The lowest BCUT2D eigenvalue weighted by Gasteiger charge is -2.06. The van der Waals surface area contributed by atoms with Crippen molar-refractivity contribution < 1.29 is 14.3 Å². The van der Waals surface area contributed by atoms with E-state index in [2.05, 4.69) is 15.2 Å². The number of hydrogen-bond acceptors (Lipinski definition) is 5. The minimum Gasteiger partial charge on any atom is -0.465 e. The van der Waals surface area contributed by atoms with Crippen molar-refractivity contribution in [3.63, 3.8) is 0 Å². The first-order chi connectivity index (χ1) is 11.0. The molecule has 7 heteroatoms. The molecule has 0 saturated carbocycles. The van der Waals surface area contributed by atoms with Gasteiger partial charge in [-0.15, -0.1) is 0 Å². The molecule has 0 aliphatic rings. The van der Waals surface area contributed by atoms with Crippen LogP contribution in [0.25, 0.3) is 0 Å². The molecule has 0 aliphatic carbocycles. The van der Waals surface area contributed by atoms with Gasteiger partial charge in [0, 0.05) is 31.6 Å². The predicted molar refractivity (Wildman–Crippen MR) is 84.2 cm³/mol. The number of nitrogens with zero attached hydrogens (tertiary/aromatic N) is 2. The van der Waals surface area contributed by atoms with Gasteiger partial charge in [-0.05, 0) is 30.3 Å². The van der Waals surface area contributed by atoms with Crippen molar-refractivity contribution in [3.8, 4) is 0 Å². The van der Waals surface area contributed by atoms with E-state index in [1.165, 1.54) is 17.9 Å². The molecule has 0 fully saturated rings. The summed E-state index contributed by atoms with van der Waals surface area (Å²) in [6.07, 6.45) is 0.671. The molecule has 120 valence electrons. The number of rotatable bonds is 5. The van der Waals surface area contributed by atoms with Crippen molar-refractivity contribution in [2.75, 3.05) is 12.4 Å². The molecule has 7 nitrogen and oxygen atoms in total. The Morgan fingerprint density at radius 1 is 1.17 bits per heavy atom. The Kier molecular flexibility index (Phi) is 5.24. The molecule has 0 aliphatic heterocycles. The van der Waals surface area contributed by atoms with Crippen LogP contribution in [0.4, 0.5) is 5.69 Å². The van der Waals surface area contributed by atoms with E-state index in [0.717, 1.165) is 0 Å². The van der Waals surface area contributed by atoms with Crippen LogP contribution < -0.4 is 10.9 Å². The summed E-state index contributed by atoms with van der Waals surface area (Å²) < 4.78 is 5.84. The predicted octanol–water partition coefficient (Wildman–Crippen LogP) is 1.14. The molecule has 1 aromatic carbocycles. The maximum absolute atomic E-state index is 11.9. The fraction of sp³-hybridized carbons (Fsp3) is 0.250. The Morgan fingerprint density at radius 2 is 1.87 bits per heavy atom. The molecule has 2 aromatic rings. The van der Waals surface area contributed by atoms with Gasteiger partial charge in [-0.1, -0.05) is 0 Å². The zero-order chi connectivity index (χ0) is 16.8. The van der Waals surface area contributed by atoms with Gasteiger partial charge in [0.1, 0.15) is 0 Å². The smallest absolute Gasteiger partial charge is 0.337 e. The van der Waals surface area contributed by atoms with Gasteiger partial charge in [-0.3, -0.25) is 9.59 Å². The lowest BCUT2D eigenvalue weighted by molar-refractivity contribution is -0.116. The largest absolute Gasteiger partial charge is 0.465 e. The maximum atomic E-state index is 11.9. The van der Waals surface area contributed by atoms with Crippen LogP contribution in [-0.4, -0.2) is 28.8 Å². The summed E-state index contributed by atoms with van der Waals surface area (Å²) in [5.41, 5.74) is 1.49. The highest BCUT2D eigenvalue weighted by molar-refractivity contribution is 5.93. The standard InChI is InChI=1S/C16H17N3O4/c1-19-15(21)10-8-13(18-19)7-9-14(20)17-12-5-3-11(4-6-12)16(22)23-2/h3-6,8,10H,7,9H2,1-2H3,(H,17,20). The fourth-order valence-electron chi connectivity index (χ4n) is 1.96. The highest BCUT2D eigenvalue weighted by Gasteiger charge is 2.07. The van der Waals surface area contributed by atoms with Crippen molar-refractivity contribution in [1.29, 1.82) is 0 Å². The van der Waals surface area contributed by atoms with Crippen molar-refractivity contribution >= 4 is 17.6 Å². The number of amides is 1. The summed E-state index contributed by atoms with van der Waals surface area (Å²) >= 11 is 0. The van der Waals surface area contributed by atoms with E-state index in [4.69, 9.17) is 0 Å². The zero-order valence-corrected chi connectivity index (χ0v) is 12.9. The summed E-state index contributed by atoms with van der Waals surface area (Å²) in [6, 6.07) is 9.46. The van der Waals surface area contributed by atoms with Crippen LogP contribution in [0.15, 0.2) is 41.2 Å². The summed E-state index contributed by atoms with van der Waals surface area (Å²) in [4.78, 5) is 34.5. The van der Waals surface area contributed by atoms with Crippen LogP contribution in [0.3, 0.4) is 0 Å². The van der Waals surface area contributed by atoms with Crippen molar-refractivity contribution in [2.24, 2.45) is 7.05 Å². The molecule has 1 heterocycles. The Labute approximate surface area is 132 Å². The molecule has 0 spiro atoms. The number of anilines is 1. The third-order valence-corrected chi connectivity index (χ3v) is 3.21. The van der Waals surface area contributed by atoms with Gasteiger partial charge in [0.2, 0.25) is 5.91 Å². The Bertz CT molecular complexity index is 766. The van der Waals surface area contributed by atoms with Crippen LogP contribution in [0.1, 0.15) is 22.5 Å². The lowest BCUT2D eigenvalue weighted by Crippen LogP contribution is -2.20. The van der Waals surface area contributed by atoms with Gasteiger partial charge in [-0.2, -0.15) is 5.10 Å². The van der Waals surface area contributed by atoms with Crippen LogP contribution in [0.5, 0.6) is 0 Å². The fourth-order valence-corrected chi connectivity index (χ4v) is 1.96. The van der Waals surface area contributed by atoms with Crippen LogP contribution in [0.2, 0.25) is 0 Å². The normalized spacial score (nSPS) is 10.2. The van der Waals surface area contributed by atoms with Crippen molar-refractivity contribution in [2.45, 2.75) is 12.8 Å². The second-order valence-corrected chi connectivity index (χ2v) is 4.90. The second kappa shape index (κ2) is 7.35. The SMILES string of the molecule is COC(=O)c1ccc(NC(=O)CCc2ccc(=O)n(C)n2)cc1. The molecule has 1 aromatic heterocycles. The average molecular weight is 315 g/mol. The summed E-state index contributed by atoms with van der Waals surface area (Å²) in [6.45, 7) is 0. The molecule has 1 amide bonds. The summed E-state index contributed by atoms with van der Waals surface area (Å²) in [5, 5.41) is 6.80. The number of hydrogen-bond donors (Lipinski definition) is 1. The average Bonchev–Trinajstić information content (AvgIpc) is 2.56. The van der Waals surface area contributed by atoms with E-state index in [1.807, 2.05) is 0 Å². The molecular weight excluding hydrogens is 298 g/mol. The minimum absolute atomic E-state index is 0.175. The molecule has 0 unspecified atom stereocenters. The molecule has 0 radical (unpaired) electrons. The third kappa shape index (κ3) is 4.50. The van der Waals surface area contributed by atoms with E-state index < -0.39 is 5.97 Å². The van der Waals surface area contributed by atoms with E-state index in [-0.39, 0.29) is 17.9 Å².